The molecule has 5 atom stereocenters. The number of hydrogen-bond acceptors (Lipinski definition) is 9. The minimum atomic E-state index is -1.57. The maximum absolute atomic E-state index is 13.8. The third-order valence-electron chi connectivity index (χ3n) is 9.11. The van der Waals surface area contributed by atoms with Crippen molar-refractivity contribution in [2.75, 3.05) is 13.2 Å². The Balaban J connectivity index is 2.24. The highest BCUT2D eigenvalue weighted by molar-refractivity contribution is 5.96. The molecule has 0 aromatic heterocycles. The number of hydrogen-bond donors (Lipinski definition) is 10. The van der Waals surface area contributed by atoms with Crippen LogP contribution in [0.4, 0.5) is 0 Å². The summed E-state index contributed by atoms with van der Waals surface area (Å²) >= 11 is 0. The fraction of sp³-hybridized carbons (Fsp3) is 0.611. The molecule has 1 aliphatic carbocycles. The highest BCUT2D eigenvalue weighted by atomic mass is 16.3. The van der Waals surface area contributed by atoms with E-state index < -0.39 is 78.2 Å². The zero-order valence-corrected chi connectivity index (χ0v) is 31.2. The van der Waals surface area contributed by atoms with Crippen LogP contribution in [0.3, 0.4) is 0 Å². The maximum Gasteiger partial charge on any atom is 0.245 e. The first kappa shape index (κ1) is 44.9. The van der Waals surface area contributed by atoms with Crippen LogP contribution in [0, 0.1) is 11.8 Å². The molecule has 1 aromatic carbocycles. The van der Waals surface area contributed by atoms with Crippen LogP contribution in [0.1, 0.15) is 83.6 Å². The molecule has 18 heteroatoms. The molecule has 300 valence electrons. The van der Waals surface area contributed by atoms with Crippen molar-refractivity contribution in [3.63, 3.8) is 0 Å². The van der Waals surface area contributed by atoms with Crippen molar-refractivity contribution >= 4 is 47.3 Å². The lowest BCUT2D eigenvalue weighted by atomic mass is 9.87. The second kappa shape index (κ2) is 23.4. The number of carbonyl (C=O) groups excluding carboxylic acids is 7. The summed E-state index contributed by atoms with van der Waals surface area (Å²) in [6.07, 6.45) is 5.39. The van der Waals surface area contributed by atoms with E-state index in [4.69, 9.17) is 22.9 Å². The molecule has 0 aliphatic heterocycles. The van der Waals surface area contributed by atoms with Crippen LogP contribution in [0.25, 0.3) is 0 Å². The number of amides is 7. The van der Waals surface area contributed by atoms with Crippen LogP contribution in [0.15, 0.2) is 35.3 Å². The number of carbonyl (C=O) groups is 7. The second-order valence-electron chi connectivity index (χ2n) is 14.0. The zero-order chi connectivity index (χ0) is 40.2. The predicted octanol–water partition coefficient (Wildman–Crippen LogP) is -1.92. The first-order valence-corrected chi connectivity index (χ1v) is 18.4. The van der Waals surface area contributed by atoms with Gasteiger partial charge in [0.25, 0.3) is 0 Å². The van der Waals surface area contributed by atoms with Crippen LogP contribution in [0.2, 0.25) is 0 Å². The lowest BCUT2D eigenvalue weighted by molar-refractivity contribution is -0.136. The first-order valence-electron chi connectivity index (χ1n) is 18.4. The minimum absolute atomic E-state index is 0.0129. The first-order chi connectivity index (χ1) is 25.6. The van der Waals surface area contributed by atoms with Crippen molar-refractivity contribution in [3.8, 4) is 0 Å². The van der Waals surface area contributed by atoms with Gasteiger partial charge in [-0.3, -0.25) is 38.6 Å². The molecule has 0 unspecified atom stereocenters. The Bertz CT molecular complexity index is 1450. The molecule has 1 saturated carbocycles. The van der Waals surface area contributed by atoms with E-state index in [-0.39, 0.29) is 62.9 Å². The predicted molar refractivity (Wildman–Crippen MR) is 200 cm³/mol. The van der Waals surface area contributed by atoms with Crippen LogP contribution >= 0.6 is 0 Å². The molecule has 1 aliphatic rings. The van der Waals surface area contributed by atoms with E-state index in [1.165, 1.54) is 0 Å². The Morgan fingerprint density at radius 2 is 1.33 bits per heavy atom. The van der Waals surface area contributed by atoms with Crippen LogP contribution in [0.5, 0.6) is 0 Å². The topological polar surface area (TPSA) is 316 Å². The van der Waals surface area contributed by atoms with Crippen molar-refractivity contribution in [1.82, 2.24) is 26.6 Å². The van der Waals surface area contributed by atoms with Gasteiger partial charge in [0, 0.05) is 25.8 Å². The van der Waals surface area contributed by atoms with E-state index in [2.05, 4.69) is 31.6 Å². The van der Waals surface area contributed by atoms with Crippen molar-refractivity contribution in [3.05, 3.63) is 35.9 Å². The molecule has 0 heterocycles. The van der Waals surface area contributed by atoms with Gasteiger partial charge >= 0.3 is 0 Å². The number of nitrogens with two attached hydrogens (primary N) is 4. The van der Waals surface area contributed by atoms with Crippen molar-refractivity contribution in [1.29, 1.82) is 0 Å². The third-order valence-corrected chi connectivity index (χ3v) is 9.11. The van der Waals surface area contributed by atoms with Gasteiger partial charge in [-0.2, -0.15) is 0 Å². The lowest BCUT2D eigenvalue weighted by Crippen LogP contribution is -2.60. The van der Waals surface area contributed by atoms with Gasteiger partial charge in [0.15, 0.2) is 5.96 Å². The van der Waals surface area contributed by atoms with Crippen molar-refractivity contribution in [2.24, 2.45) is 39.8 Å². The standard InChI is InChI=1S/C36H58N10O8/c1-21(2)30(35(54)43-24(31(38)50)15-16-28(37)48)46-34(53)27(20-47)45-32(51)25(14-9-17-41-36(39)40)44-33(52)26(18-22-10-5-3-6-11-22)42-29(49)19-23-12-7-4-8-13-23/h3,5-6,10-11,21,23-27,30,47H,4,7-9,12-20H2,1-2H3,(H2,37,48)(H2,38,50)(H,42,49)(H,43,54)(H,44,52)(H,45,51)(H,46,53)(H4,39,40,41)/t24-,25+,26-,27+,30+/m1/s1. The molecule has 0 spiro atoms. The molecule has 0 saturated heterocycles. The fourth-order valence-electron chi connectivity index (χ4n) is 6.10. The number of aliphatic hydroxyl groups excluding tert-OH is 1. The third kappa shape index (κ3) is 16.6. The van der Waals surface area contributed by atoms with Gasteiger partial charge in [-0.05, 0) is 49.5 Å². The summed E-state index contributed by atoms with van der Waals surface area (Å²) in [5.74, 6) is -5.58. The average molecular weight is 759 g/mol. The number of aliphatic hydroxyl groups is 1. The Kier molecular flexibility index (Phi) is 19.5. The molecule has 1 fully saturated rings. The van der Waals surface area contributed by atoms with Gasteiger partial charge < -0.3 is 54.6 Å². The Hall–Kier alpha value is -5.26. The molecule has 1 aromatic rings. The normalized spacial score (nSPS) is 15.7. The van der Waals surface area contributed by atoms with Crippen molar-refractivity contribution in [2.45, 2.75) is 115 Å². The van der Waals surface area contributed by atoms with Gasteiger partial charge in [0.05, 0.1) is 6.61 Å². The van der Waals surface area contributed by atoms with Crippen LogP contribution in [-0.4, -0.2) is 95.8 Å². The summed E-state index contributed by atoms with van der Waals surface area (Å²) < 4.78 is 0. The number of primary amides is 2. The van der Waals surface area contributed by atoms with E-state index in [0.717, 1.165) is 37.7 Å². The lowest BCUT2D eigenvalue weighted by Gasteiger charge is -2.28. The molecular formula is C36H58N10O8. The fourth-order valence-corrected chi connectivity index (χ4v) is 6.10. The van der Waals surface area contributed by atoms with Crippen LogP contribution < -0.4 is 49.5 Å². The van der Waals surface area contributed by atoms with Gasteiger partial charge in [-0.25, -0.2) is 0 Å². The molecule has 2 rings (SSSR count). The number of guanidine groups is 1. The summed E-state index contributed by atoms with van der Waals surface area (Å²) in [6.45, 7) is 2.47. The summed E-state index contributed by atoms with van der Waals surface area (Å²) in [5.41, 5.74) is 22.2. The number of nitrogens with one attached hydrogen (secondary N) is 5. The molecule has 14 N–H and O–H groups in total. The molecule has 7 amide bonds. The summed E-state index contributed by atoms with van der Waals surface area (Å²) in [5, 5.41) is 23.0. The van der Waals surface area contributed by atoms with E-state index in [1.54, 1.807) is 13.8 Å². The number of aliphatic imine (C=N–C) groups is 1. The van der Waals surface area contributed by atoms with E-state index >= 15 is 0 Å². The summed E-state index contributed by atoms with van der Waals surface area (Å²) in [6, 6.07) is 2.72. The van der Waals surface area contributed by atoms with Gasteiger partial charge in [-0.1, -0.05) is 63.4 Å². The molecule has 54 heavy (non-hydrogen) atoms. The Labute approximate surface area is 315 Å². The van der Waals surface area contributed by atoms with E-state index in [1.807, 2.05) is 30.3 Å². The highest BCUT2D eigenvalue weighted by Gasteiger charge is 2.33. The van der Waals surface area contributed by atoms with Crippen LogP contribution in [-0.2, 0) is 40.0 Å². The largest absolute Gasteiger partial charge is 0.394 e. The summed E-state index contributed by atoms with van der Waals surface area (Å²) in [4.78, 5) is 94.1. The Morgan fingerprint density at radius 3 is 1.91 bits per heavy atom. The van der Waals surface area contributed by atoms with Crippen molar-refractivity contribution < 1.29 is 38.7 Å². The molecular weight excluding hydrogens is 700 g/mol. The number of benzene rings is 1. The monoisotopic (exact) mass is 758 g/mol. The number of rotatable bonds is 23. The van der Waals surface area contributed by atoms with E-state index in [0.29, 0.717) is 0 Å². The SMILES string of the molecule is CC(C)[C@H](NC(=O)[C@H](CO)NC(=O)[C@H](CCCN=C(N)N)NC(=O)[C@@H](Cc1ccccc1)NC(=O)CC1CCCCC1)C(=O)N[C@H](CCC(N)=O)C(N)=O. The maximum atomic E-state index is 13.8. The summed E-state index contributed by atoms with van der Waals surface area (Å²) in [7, 11) is 0. The number of nitrogens with zero attached hydrogens (tertiary/aromatic N) is 1. The molecule has 0 radical (unpaired) electrons. The quantitative estimate of drug-likeness (QED) is 0.0335. The average Bonchev–Trinajstić information content (AvgIpc) is 3.12. The smallest absolute Gasteiger partial charge is 0.245 e. The molecule has 18 nitrogen and oxygen atoms in total. The molecule has 0 bridgehead atoms. The van der Waals surface area contributed by atoms with E-state index in [9.17, 15) is 38.7 Å². The minimum Gasteiger partial charge on any atom is -0.394 e. The zero-order valence-electron chi connectivity index (χ0n) is 31.2. The second-order valence-corrected chi connectivity index (χ2v) is 14.0. The Morgan fingerprint density at radius 1 is 0.741 bits per heavy atom. The van der Waals surface area contributed by atoms with Gasteiger partial charge in [-0.15, -0.1) is 0 Å². The van der Waals surface area contributed by atoms with Gasteiger partial charge in [0.1, 0.15) is 30.2 Å². The highest BCUT2D eigenvalue weighted by Crippen LogP contribution is 2.26. The van der Waals surface area contributed by atoms with Gasteiger partial charge in [0.2, 0.25) is 41.4 Å².